The summed E-state index contributed by atoms with van der Waals surface area (Å²) in [7, 11) is 0. The van der Waals surface area contributed by atoms with Crippen LogP contribution < -0.4 is 0 Å². The molecule has 0 heterocycles. The predicted molar refractivity (Wildman–Crippen MR) is 97.1 cm³/mol. The first-order chi connectivity index (χ1) is 12.0. The van der Waals surface area contributed by atoms with Crippen LogP contribution in [0.3, 0.4) is 0 Å². The SMILES string of the molecule is CCCCC[C@H](O)/C=C/[C@H]1C(=O)C[C@@H](O)[C@@H]1C/C=C\CCCC(=O)O. The summed E-state index contributed by atoms with van der Waals surface area (Å²) in [4.78, 5) is 22.5. The van der Waals surface area contributed by atoms with E-state index in [0.29, 0.717) is 25.7 Å². The van der Waals surface area contributed by atoms with Crippen LogP contribution in [0.2, 0.25) is 0 Å². The molecule has 1 saturated carbocycles. The van der Waals surface area contributed by atoms with E-state index in [1.807, 2.05) is 12.2 Å². The quantitative estimate of drug-likeness (QED) is 0.370. The highest BCUT2D eigenvalue weighted by Gasteiger charge is 2.39. The molecule has 4 atom stereocenters. The van der Waals surface area contributed by atoms with Gasteiger partial charge in [0, 0.05) is 24.7 Å². The average molecular weight is 352 g/mol. The van der Waals surface area contributed by atoms with Crippen molar-refractivity contribution in [2.24, 2.45) is 11.8 Å². The van der Waals surface area contributed by atoms with Crippen LogP contribution in [0, 0.1) is 11.8 Å². The monoisotopic (exact) mass is 352 g/mol. The fourth-order valence-corrected chi connectivity index (χ4v) is 3.22. The predicted octanol–water partition coefficient (Wildman–Crippen LogP) is 3.25. The molecule has 25 heavy (non-hydrogen) atoms. The minimum absolute atomic E-state index is 0.0220. The molecule has 5 nitrogen and oxygen atoms in total. The number of carboxylic acid groups (broad SMARTS) is 1. The minimum Gasteiger partial charge on any atom is -0.481 e. The van der Waals surface area contributed by atoms with E-state index >= 15 is 0 Å². The van der Waals surface area contributed by atoms with Gasteiger partial charge in [-0.25, -0.2) is 0 Å². The lowest BCUT2D eigenvalue weighted by molar-refractivity contribution is -0.137. The van der Waals surface area contributed by atoms with Gasteiger partial charge in [0.25, 0.3) is 0 Å². The zero-order chi connectivity index (χ0) is 18.7. The van der Waals surface area contributed by atoms with Crippen molar-refractivity contribution in [3.63, 3.8) is 0 Å². The van der Waals surface area contributed by atoms with Gasteiger partial charge >= 0.3 is 5.97 Å². The van der Waals surface area contributed by atoms with Crippen molar-refractivity contribution in [2.75, 3.05) is 0 Å². The van der Waals surface area contributed by atoms with Gasteiger partial charge in [0.1, 0.15) is 5.78 Å². The average Bonchev–Trinajstić information content (AvgIpc) is 2.82. The second kappa shape index (κ2) is 12.0. The number of carbonyl (C=O) groups is 2. The summed E-state index contributed by atoms with van der Waals surface area (Å²) in [5, 5.41) is 28.7. The maximum Gasteiger partial charge on any atom is 0.303 e. The zero-order valence-corrected chi connectivity index (χ0v) is 15.1. The molecule has 0 spiro atoms. The molecule has 5 heteroatoms. The van der Waals surface area contributed by atoms with E-state index < -0.39 is 18.2 Å². The number of carbonyl (C=O) groups excluding carboxylic acids is 1. The largest absolute Gasteiger partial charge is 0.481 e. The fraction of sp³-hybridized carbons (Fsp3) is 0.700. The number of ketones is 1. The number of aliphatic hydroxyl groups excluding tert-OH is 2. The molecular weight excluding hydrogens is 320 g/mol. The van der Waals surface area contributed by atoms with Crippen LogP contribution in [-0.2, 0) is 9.59 Å². The first-order valence-electron chi connectivity index (χ1n) is 9.39. The van der Waals surface area contributed by atoms with Gasteiger partial charge in [0.2, 0.25) is 0 Å². The Morgan fingerprint density at radius 2 is 2.04 bits per heavy atom. The standard InChI is InChI=1S/C20H32O5/c1-2-3-6-9-15(21)12-13-17-16(18(22)14-19(17)23)10-7-4-5-8-11-20(24)25/h4,7,12-13,15-18,21-22H,2-3,5-6,8-11,14H2,1H3,(H,24,25)/b7-4-,13-12+/t15-,16+,17+,18+/m0/s1. The lowest BCUT2D eigenvalue weighted by Gasteiger charge is -2.17. The molecule has 0 unspecified atom stereocenters. The molecule has 0 saturated heterocycles. The molecule has 0 aromatic carbocycles. The highest BCUT2D eigenvalue weighted by molar-refractivity contribution is 5.86. The molecular formula is C20H32O5. The molecule has 3 N–H and O–H groups in total. The normalized spacial score (nSPS) is 25.2. The molecule has 0 aliphatic heterocycles. The smallest absolute Gasteiger partial charge is 0.303 e. The Labute approximate surface area is 150 Å². The van der Waals surface area contributed by atoms with E-state index in [-0.39, 0.29) is 30.5 Å². The number of rotatable bonds is 12. The number of hydrogen-bond donors (Lipinski definition) is 3. The van der Waals surface area contributed by atoms with E-state index in [0.717, 1.165) is 19.3 Å². The van der Waals surface area contributed by atoms with Crippen LogP contribution in [-0.4, -0.2) is 39.3 Å². The number of aliphatic carboxylic acids is 1. The summed E-state index contributed by atoms with van der Waals surface area (Å²) in [6, 6.07) is 0. The number of Topliss-reactive ketones (excluding diaryl/α,β-unsaturated/α-hetero) is 1. The van der Waals surface area contributed by atoms with Crippen molar-refractivity contribution in [1.82, 2.24) is 0 Å². The molecule has 1 rings (SSSR count). The Bertz CT molecular complexity index is 469. The second-order valence-corrected chi connectivity index (χ2v) is 6.87. The van der Waals surface area contributed by atoms with Crippen LogP contribution in [0.15, 0.2) is 24.3 Å². The summed E-state index contributed by atoms with van der Waals surface area (Å²) >= 11 is 0. The molecule has 1 aliphatic rings. The maximum absolute atomic E-state index is 12.1. The third-order valence-corrected chi connectivity index (χ3v) is 4.72. The van der Waals surface area contributed by atoms with Gasteiger partial charge in [0.05, 0.1) is 12.2 Å². The first kappa shape index (κ1) is 21.6. The first-order valence-corrected chi connectivity index (χ1v) is 9.39. The van der Waals surface area contributed by atoms with Gasteiger partial charge in [-0.15, -0.1) is 0 Å². The van der Waals surface area contributed by atoms with E-state index in [1.54, 1.807) is 12.2 Å². The van der Waals surface area contributed by atoms with Gasteiger partial charge in [-0.05, 0) is 25.7 Å². The minimum atomic E-state index is -0.798. The van der Waals surface area contributed by atoms with Crippen LogP contribution in [0.4, 0.5) is 0 Å². The molecule has 0 bridgehead atoms. The summed E-state index contributed by atoms with van der Waals surface area (Å²) in [6.45, 7) is 2.11. The van der Waals surface area contributed by atoms with Gasteiger partial charge in [-0.3, -0.25) is 9.59 Å². The molecule has 1 fully saturated rings. The number of allylic oxidation sites excluding steroid dienone is 3. The molecule has 142 valence electrons. The van der Waals surface area contributed by atoms with Crippen molar-refractivity contribution < 1.29 is 24.9 Å². The van der Waals surface area contributed by atoms with Crippen molar-refractivity contribution in [2.45, 2.75) is 76.9 Å². The van der Waals surface area contributed by atoms with E-state index in [4.69, 9.17) is 5.11 Å². The van der Waals surface area contributed by atoms with Gasteiger partial charge in [-0.1, -0.05) is 50.5 Å². The number of hydrogen-bond acceptors (Lipinski definition) is 4. The zero-order valence-electron chi connectivity index (χ0n) is 15.1. The van der Waals surface area contributed by atoms with Gasteiger partial charge in [0.15, 0.2) is 0 Å². The Hall–Kier alpha value is -1.46. The Balaban J connectivity index is 2.48. The Morgan fingerprint density at radius 3 is 2.72 bits per heavy atom. The van der Waals surface area contributed by atoms with Crippen LogP contribution in [0.1, 0.15) is 64.7 Å². The lowest BCUT2D eigenvalue weighted by Crippen LogP contribution is -2.19. The summed E-state index contributed by atoms with van der Waals surface area (Å²) in [5.41, 5.74) is 0. The molecule has 0 aromatic rings. The van der Waals surface area contributed by atoms with E-state index in [9.17, 15) is 19.8 Å². The van der Waals surface area contributed by atoms with Gasteiger partial charge in [-0.2, -0.15) is 0 Å². The fourth-order valence-electron chi connectivity index (χ4n) is 3.22. The summed E-state index contributed by atoms with van der Waals surface area (Å²) in [6.07, 6.45) is 12.1. The van der Waals surface area contributed by atoms with Crippen molar-refractivity contribution >= 4 is 11.8 Å². The van der Waals surface area contributed by atoms with Crippen LogP contribution >= 0.6 is 0 Å². The maximum atomic E-state index is 12.1. The van der Waals surface area contributed by atoms with Crippen molar-refractivity contribution in [3.05, 3.63) is 24.3 Å². The number of unbranched alkanes of at least 4 members (excludes halogenated alkanes) is 3. The third kappa shape index (κ3) is 8.45. The molecule has 0 radical (unpaired) electrons. The summed E-state index contributed by atoms with van der Waals surface area (Å²) < 4.78 is 0. The van der Waals surface area contributed by atoms with Gasteiger partial charge < -0.3 is 15.3 Å². The number of carboxylic acids is 1. The Morgan fingerprint density at radius 1 is 1.28 bits per heavy atom. The highest BCUT2D eigenvalue weighted by Crippen LogP contribution is 2.33. The second-order valence-electron chi connectivity index (χ2n) is 6.87. The van der Waals surface area contributed by atoms with Crippen LogP contribution in [0.25, 0.3) is 0 Å². The topological polar surface area (TPSA) is 94.8 Å². The summed E-state index contributed by atoms with van der Waals surface area (Å²) in [5.74, 6) is -1.29. The lowest BCUT2D eigenvalue weighted by atomic mass is 9.90. The van der Waals surface area contributed by atoms with Crippen molar-refractivity contribution in [1.29, 1.82) is 0 Å². The molecule has 0 amide bonds. The van der Waals surface area contributed by atoms with Crippen molar-refractivity contribution in [3.8, 4) is 0 Å². The van der Waals surface area contributed by atoms with E-state index in [2.05, 4.69) is 6.92 Å². The third-order valence-electron chi connectivity index (χ3n) is 4.72. The number of aliphatic hydroxyl groups is 2. The highest BCUT2D eigenvalue weighted by atomic mass is 16.4. The Kier molecular flexibility index (Phi) is 10.3. The van der Waals surface area contributed by atoms with Crippen LogP contribution in [0.5, 0.6) is 0 Å². The molecule has 1 aliphatic carbocycles. The van der Waals surface area contributed by atoms with E-state index in [1.165, 1.54) is 0 Å². The molecule has 0 aromatic heterocycles.